The van der Waals surface area contributed by atoms with Crippen LogP contribution in [0.5, 0.6) is 0 Å². The third-order valence-corrected chi connectivity index (χ3v) is 4.00. The van der Waals surface area contributed by atoms with E-state index in [1.165, 1.54) is 44.9 Å². The summed E-state index contributed by atoms with van der Waals surface area (Å²) in [5.74, 6) is 4.00. The van der Waals surface area contributed by atoms with Crippen LogP contribution in [0.3, 0.4) is 0 Å². The molecular weight excluding hydrogens is 180 g/mol. The molecule has 15 heavy (non-hydrogen) atoms. The summed E-state index contributed by atoms with van der Waals surface area (Å²) in [5.41, 5.74) is 0. The van der Waals surface area contributed by atoms with Crippen LogP contribution in [-0.2, 0) is 0 Å². The number of hydrogen-bond acceptors (Lipinski definition) is 0. The van der Waals surface area contributed by atoms with Gasteiger partial charge in [-0.1, -0.05) is 59.8 Å². The summed E-state index contributed by atoms with van der Waals surface area (Å²) in [6, 6.07) is 0. The van der Waals surface area contributed by atoms with Gasteiger partial charge >= 0.3 is 0 Å². The Morgan fingerprint density at radius 3 is 2.13 bits per heavy atom. The van der Waals surface area contributed by atoms with Crippen molar-refractivity contribution in [2.75, 3.05) is 0 Å². The van der Waals surface area contributed by atoms with Gasteiger partial charge < -0.3 is 0 Å². The highest BCUT2D eigenvalue weighted by atomic mass is 14.3. The Hall–Kier alpha value is 0. The maximum absolute atomic E-state index is 2.48. The van der Waals surface area contributed by atoms with Gasteiger partial charge in [0, 0.05) is 0 Å². The summed E-state index contributed by atoms with van der Waals surface area (Å²) in [5, 5.41) is 0. The Bertz CT molecular complexity index is 155. The largest absolute Gasteiger partial charge is 0.0654 e. The van der Waals surface area contributed by atoms with Gasteiger partial charge in [0.05, 0.1) is 0 Å². The third-order valence-electron chi connectivity index (χ3n) is 4.00. The Balaban J connectivity index is 2.29. The first-order valence-corrected chi connectivity index (χ1v) is 7.13. The van der Waals surface area contributed by atoms with E-state index >= 15 is 0 Å². The van der Waals surface area contributed by atoms with Crippen LogP contribution in [0.15, 0.2) is 0 Å². The molecule has 1 saturated carbocycles. The molecule has 0 N–H and O–H groups in total. The summed E-state index contributed by atoms with van der Waals surface area (Å²) in [4.78, 5) is 0. The minimum absolute atomic E-state index is 0.889. The zero-order valence-corrected chi connectivity index (χ0v) is 11.3. The molecule has 1 aliphatic carbocycles. The molecule has 1 fully saturated rings. The molecule has 0 aromatic rings. The Morgan fingerprint density at radius 2 is 1.67 bits per heavy atom. The van der Waals surface area contributed by atoms with Crippen LogP contribution in [0.1, 0.15) is 72.6 Å². The zero-order valence-electron chi connectivity index (χ0n) is 11.3. The molecule has 2 atom stereocenters. The second-order valence-electron chi connectivity index (χ2n) is 6.18. The van der Waals surface area contributed by atoms with Crippen molar-refractivity contribution in [1.82, 2.24) is 0 Å². The lowest BCUT2D eigenvalue weighted by atomic mass is 9.81. The highest BCUT2D eigenvalue weighted by Crippen LogP contribution is 2.40. The normalized spacial score (nSPS) is 20.6. The van der Waals surface area contributed by atoms with Crippen molar-refractivity contribution < 1.29 is 0 Å². The van der Waals surface area contributed by atoms with Gasteiger partial charge in [0.15, 0.2) is 0 Å². The summed E-state index contributed by atoms with van der Waals surface area (Å²) >= 11 is 0. The molecule has 0 heteroatoms. The molecule has 0 spiro atoms. The minimum Gasteiger partial charge on any atom is -0.0654 e. The predicted molar refractivity (Wildman–Crippen MR) is 69.0 cm³/mol. The summed E-state index contributed by atoms with van der Waals surface area (Å²) in [6.07, 6.45) is 10.3. The first-order valence-electron chi connectivity index (χ1n) is 7.13. The van der Waals surface area contributed by atoms with Crippen molar-refractivity contribution in [3.8, 4) is 0 Å². The molecule has 0 bridgehead atoms. The maximum Gasteiger partial charge on any atom is -0.0386 e. The van der Waals surface area contributed by atoms with Crippen LogP contribution in [0.25, 0.3) is 0 Å². The van der Waals surface area contributed by atoms with Gasteiger partial charge in [-0.15, -0.1) is 0 Å². The summed E-state index contributed by atoms with van der Waals surface area (Å²) < 4.78 is 0. The van der Waals surface area contributed by atoms with Crippen molar-refractivity contribution in [3.63, 3.8) is 0 Å². The van der Waals surface area contributed by atoms with Crippen LogP contribution in [0.4, 0.5) is 0 Å². The first-order chi connectivity index (χ1) is 7.13. The van der Waals surface area contributed by atoms with Crippen molar-refractivity contribution in [3.05, 3.63) is 0 Å². The van der Waals surface area contributed by atoms with Crippen molar-refractivity contribution >= 4 is 0 Å². The van der Waals surface area contributed by atoms with E-state index < -0.39 is 0 Å². The van der Waals surface area contributed by atoms with E-state index in [1.807, 2.05) is 0 Å². The lowest BCUT2D eigenvalue weighted by Gasteiger charge is -2.24. The molecule has 0 nitrogen and oxygen atoms in total. The average Bonchev–Trinajstić information content (AvgIpc) is 2.95. The second kappa shape index (κ2) is 6.55. The average molecular weight is 210 g/mol. The molecule has 0 aliphatic heterocycles. The van der Waals surface area contributed by atoms with Gasteiger partial charge in [-0.05, 0) is 36.5 Å². The summed E-state index contributed by atoms with van der Waals surface area (Å²) in [6.45, 7) is 9.53. The Morgan fingerprint density at radius 1 is 1.00 bits per heavy atom. The van der Waals surface area contributed by atoms with Crippen LogP contribution in [0, 0.1) is 23.7 Å². The van der Waals surface area contributed by atoms with Crippen LogP contribution < -0.4 is 0 Å². The fraction of sp³-hybridized carbons (Fsp3) is 1.00. The first kappa shape index (κ1) is 13.1. The molecule has 1 aliphatic rings. The standard InChI is InChI=1S/C15H30/c1-5-6-13(4)15(10-7-12(2)3)11-14-8-9-14/h12-15H,5-11H2,1-4H3. The molecule has 0 aromatic heterocycles. The SMILES string of the molecule is CCCC(C)C(CCC(C)C)CC1CC1. The molecule has 0 aromatic carbocycles. The van der Waals surface area contributed by atoms with E-state index in [4.69, 9.17) is 0 Å². The van der Waals surface area contributed by atoms with Crippen LogP contribution in [-0.4, -0.2) is 0 Å². The van der Waals surface area contributed by atoms with Crippen LogP contribution in [0.2, 0.25) is 0 Å². The highest BCUT2D eigenvalue weighted by molar-refractivity contribution is 4.79. The number of rotatable bonds is 8. The van der Waals surface area contributed by atoms with Gasteiger partial charge in [-0.2, -0.15) is 0 Å². The van der Waals surface area contributed by atoms with E-state index in [9.17, 15) is 0 Å². The lowest BCUT2D eigenvalue weighted by molar-refractivity contribution is 0.268. The zero-order chi connectivity index (χ0) is 11.3. The molecule has 2 unspecified atom stereocenters. The minimum atomic E-state index is 0.889. The smallest absolute Gasteiger partial charge is 0.0386 e. The van der Waals surface area contributed by atoms with Gasteiger partial charge in [0.25, 0.3) is 0 Å². The van der Waals surface area contributed by atoms with Crippen LogP contribution >= 0.6 is 0 Å². The maximum atomic E-state index is 2.48. The number of hydrogen-bond donors (Lipinski definition) is 0. The predicted octanol–water partition coefficient (Wildman–Crippen LogP) is 5.28. The van der Waals surface area contributed by atoms with Crippen molar-refractivity contribution in [2.24, 2.45) is 23.7 Å². The quantitative estimate of drug-likeness (QED) is 0.511. The van der Waals surface area contributed by atoms with E-state index in [1.54, 1.807) is 0 Å². The van der Waals surface area contributed by atoms with E-state index in [-0.39, 0.29) is 0 Å². The molecule has 0 heterocycles. The fourth-order valence-corrected chi connectivity index (χ4v) is 2.65. The van der Waals surface area contributed by atoms with Crippen molar-refractivity contribution in [1.29, 1.82) is 0 Å². The summed E-state index contributed by atoms with van der Waals surface area (Å²) in [7, 11) is 0. The lowest BCUT2D eigenvalue weighted by Crippen LogP contribution is -2.13. The Kier molecular flexibility index (Phi) is 5.71. The van der Waals surface area contributed by atoms with E-state index in [2.05, 4.69) is 27.7 Å². The van der Waals surface area contributed by atoms with Gasteiger partial charge in [-0.25, -0.2) is 0 Å². The highest BCUT2D eigenvalue weighted by Gasteiger charge is 2.27. The monoisotopic (exact) mass is 210 g/mol. The Labute approximate surface area is 96.8 Å². The molecule has 0 amide bonds. The molecule has 90 valence electrons. The second-order valence-corrected chi connectivity index (χ2v) is 6.18. The van der Waals surface area contributed by atoms with E-state index in [0.29, 0.717) is 0 Å². The molecule has 0 saturated heterocycles. The van der Waals surface area contributed by atoms with Gasteiger partial charge in [0.2, 0.25) is 0 Å². The molecule has 1 rings (SSSR count). The third kappa shape index (κ3) is 5.58. The fourth-order valence-electron chi connectivity index (χ4n) is 2.65. The van der Waals surface area contributed by atoms with Gasteiger partial charge in [0.1, 0.15) is 0 Å². The van der Waals surface area contributed by atoms with E-state index in [0.717, 1.165) is 23.7 Å². The van der Waals surface area contributed by atoms with Gasteiger partial charge in [-0.3, -0.25) is 0 Å². The molecule has 0 radical (unpaired) electrons. The molecular formula is C15H30. The van der Waals surface area contributed by atoms with Crippen molar-refractivity contribution in [2.45, 2.75) is 72.6 Å². The topological polar surface area (TPSA) is 0 Å².